The van der Waals surface area contributed by atoms with E-state index < -0.39 is 11.9 Å². The highest BCUT2D eigenvalue weighted by Gasteiger charge is 2.43. The molecule has 0 aliphatic carbocycles. The fourth-order valence-electron chi connectivity index (χ4n) is 5.32. The number of fused-ring (bicyclic) bond motifs is 3. The molecule has 2 aliphatic rings. The van der Waals surface area contributed by atoms with Crippen molar-refractivity contribution >= 4 is 62.3 Å². The average Bonchev–Trinajstić information content (AvgIpc) is 3.59. The van der Waals surface area contributed by atoms with Crippen LogP contribution >= 0.6 is 34.5 Å². The van der Waals surface area contributed by atoms with Crippen LogP contribution in [0.3, 0.4) is 0 Å². The fourth-order valence-corrected chi connectivity index (χ4v) is 6.83. The lowest BCUT2D eigenvalue weighted by molar-refractivity contribution is 0.226. The minimum atomic E-state index is -0.593. The molecule has 0 radical (unpaired) electrons. The van der Waals surface area contributed by atoms with E-state index in [1.54, 1.807) is 13.1 Å². The molecule has 1 aromatic carbocycles. The van der Waals surface area contributed by atoms with Gasteiger partial charge < -0.3 is 15.0 Å². The molecule has 0 amide bonds. The Morgan fingerprint density at radius 3 is 2.76 bits per heavy atom. The second-order valence-corrected chi connectivity index (χ2v) is 11.4. The van der Waals surface area contributed by atoms with Crippen molar-refractivity contribution in [3.8, 4) is 5.19 Å². The number of rotatable bonds is 7. The van der Waals surface area contributed by atoms with Gasteiger partial charge in [0.05, 0.1) is 15.2 Å². The molecule has 198 valence electrons. The molecule has 0 spiro atoms. The second kappa shape index (κ2) is 10.1. The number of hydrogen-bond donors (Lipinski definition) is 1. The van der Waals surface area contributed by atoms with E-state index in [-0.39, 0.29) is 5.02 Å². The third-order valence-electron chi connectivity index (χ3n) is 7.13. The number of nitrogens with zero attached hydrogens (tertiary/aromatic N) is 6. The summed E-state index contributed by atoms with van der Waals surface area (Å²) in [5.74, 6) is 1.51. The zero-order chi connectivity index (χ0) is 26.6. The maximum atomic E-state index is 14.0. The highest BCUT2D eigenvalue weighted by Crippen LogP contribution is 2.38. The minimum absolute atomic E-state index is 0.0526. The standard InChI is InChI=1S/C26H26Cl2FN7OS/c1-4-35-11-16-8-15(35)12-36(16)25-31-13(2)7-22(34-25)33-21-9-19-20(10-30-21)38-26(32-19)37-14(3)23-17(27)5-6-18(29)24(23)28/h5-7,9-10,14-16H,4,8,11-12H2,1-3H3,(H,30,31,33,34)/t14-,15+,16+/m1/s1. The van der Waals surface area contributed by atoms with Crippen molar-refractivity contribution in [3.63, 3.8) is 0 Å². The topological polar surface area (TPSA) is 79.3 Å². The van der Waals surface area contributed by atoms with E-state index in [0.29, 0.717) is 45.0 Å². The van der Waals surface area contributed by atoms with Crippen LogP contribution in [0.5, 0.6) is 5.19 Å². The van der Waals surface area contributed by atoms with Crippen LogP contribution < -0.4 is 15.0 Å². The molecule has 38 heavy (non-hydrogen) atoms. The summed E-state index contributed by atoms with van der Waals surface area (Å²) in [5, 5.41) is 4.00. The van der Waals surface area contributed by atoms with Crippen molar-refractivity contribution in [1.82, 2.24) is 24.8 Å². The van der Waals surface area contributed by atoms with Gasteiger partial charge in [-0.25, -0.2) is 19.3 Å². The van der Waals surface area contributed by atoms with Crippen LogP contribution in [0.2, 0.25) is 10.0 Å². The number of aromatic nitrogens is 4. The monoisotopic (exact) mass is 573 g/mol. The summed E-state index contributed by atoms with van der Waals surface area (Å²) in [5.41, 5.74) is 1.99. The highest BCUT2D eigenvalue weighted by atomic mass is 35.5. The molecule has 3 atom stereocenters. The number of aryl methyl sites for hydroxylation is 1. The Labute approximate surface area is 233 Å². The van der Waals surface area contributed by atoms with Gasteiger partial charge in [-0.05, 0) is 38.9 Å². The molecule has 8 nitrogen and oxygen atoms in total. The lowest BCUT2D eigenvalue weighted by Crippen LogP contribution is -2.46. The van der Waals surface area contributed by atoms with Gasteiger partial charge in [-0.2, -0.15) is 4.98 Å². The van der Waals surface area contributed by atoms with Gasteiger partial charge in [-0.15, -0.1) is 0 Å². The van der Waals surface area contributed by atoms with Crippen LogP contribution in [0.25, 0.3) is 10.2 Å². The number of thiazole rings is 1. The molecule has 5 heterocycles. The number of likely N-dealkylation sites (N-methyl/N-ethyl adjacent to an activating group) is 1. The van der Waals surface area contributed by atoms with Gasteiger partial charge in [0, 0.05) is 59.8 Å². The maximum absolute atomic E-state index is 14.0. The zero-order valence-electron chi connectivity index (χ0n) is 21.1. The Balaban J connectivity index is 1.20. The van der Waals surface area contributed by atoms with Crippen LogP contribution in [0.15, 0.2) is 30.5 Å². The highest BCUT2D eigenvalue weighted by molar-refractivity contribution is 7.20. The molecule has 2 fully saturated rings. The van der Waals surface area contributed by atoms with Gasteiger partial charge >= 0.3 is 0 Å². The number of pyridine rings is 1. The van der Waals surface area contributed by atoms with Crippen molar-refractivity contribution in [2.75, 3.05) is 29.9 Å². The fraction of sp³-hybridized carbons (Fsp3) is 0.385. The third kappa shape index (κ3) is 4.75. The molecule has 0 unspecified atom stereocenters. The Kier molecular flexibility index (Phi) is 6.75. The first-order valence-electron chi connectivity index (χ1n) is 12.5. The van der Waals surface area contributed by atoms with Crippen LogP contribution in [0.1, 0.15) is 37.6 Å². The summed E-state index contributed by atoms with van der Waals surface area (Å²) in [6, 6.07) is 7.48. The van der Waals surface area contributed by atoms with Crippen molar-refractivity contribution in [1.29, 1.82) is 0 Å². The first kappa shape index (κ1) is 25.5. The molecule has 2 saturated heterocycles. The van der Waals surface area contributed by atoms with Crippen LogP contribution in [-0.4, -0.2) is 56.6 Å². The number of piperazine rings is 1. The lowest BCUT2D eigenvalue weighted by Gasteiger charge is -2.33. The number of anilines is 3. The van der Waals surface area contributed by atoms with E-state index in [2.05, 4.69) is 32.0 Å². The van der Waals surface area contributed by atoms with Crippen LogP contribution in [0, 0.1) is 12.7 Å². The van der Waals surface area contributed by atoms with Gasteiger partial charge in [-0.3, -0.25) is 4.90 Å². The minimum Gasteiger partial charge on any atom is -0.462 e. The van der Waals surface area contributed by atoms with Crippen molar-refractivity contribution in [2.24, 2.45) is 0 Å². The number of benzene rings is 1. The van der Waals surface area contributed by atoms with Crippen molar-refractivity contribution in [2.45, 2.75) is 45.4 Å². The number of nitrogens with one attached hydrogen (secondary N) is 1. The largest absolute Gasteiger partial charge is 0.462 e. The van der Waals surface area contributed by atoms with E-state index in [1.165, 1.54) is 23.5 Å². The molecule has 4 aromatic rings. The summed E-state index contributed by atoms with van der Waals surface area (Å²) in [6.45, 7) is 9.04. The quantitative estimate of drug-likeness (QED) is 0.254. The zero-order valence-corrected chi connectivity index (χ0v) is 23.4. The van der Waals surface area contributed by atoms with Gasteiger partial charge in [0.1, 0.15) is 23.6 Å². The number of hydrogen-bond acceptors (Lipinski definition) is 9. The summed E-state index contributed by atoms with van der Waals surface area (Å²) in [4.78, 5) is 23.5. The summed E-state index contributed by atoms with van der Waals surface area (Å²) < 4.78 is 20.8. The molecular formula is C26H26Cl2FN7OS. The molecule has 6 rings (SSSR count). The molecule has 12 heteroatoms. The lowest BCUT2D eigenvalue weighted by atomic mass is 10.1. The second-order valence-electron chi connectivity index (χ2n) is 9.64. The third-order valence-corrected chi connectivity index (χ3v) is 8.75. The molecule has 0 saturated carbocycles. The van der Waals surface area contributed by atoms with Crippen LogP contribution in [0.4, 0.5) is 22.0 Å². The first-order valence-corrected chi connectivity index (χ1v) is 14.1. The summed E-state index contributed by atoms with van der Waals surface area (Å²) in [7, 11) is 0. The maximum Gasteiger partial charge on any atom is 0.274 e. The van der Waals surface area contributed by atoms with E-state index in [1.807, 2.05) is 19.1 Å². The van der Waals surface area contributed by atoms with E-state index in [4.69, 9.17) is 37.9 Å². The van der Waals surface area contributed by atoms with Crippen LogP contribution in [-0.2, 0) is 0 Å². The van der Waals surface area contributed by atoms with Gasteiger partial charge in [0.25, 0.3) is 5.19 Å². The molecule has 1 N–H and O–H groups in total. The Hall–Kier alpha value is -2.79. The average molecular weight is 575 g/mol. The Morgan fingerprint density at radius 1 is 1.16 bits per heavy atom. The number of ether oxygens (including phenoxy) is 1. The Morgan fingerprint density at radius 2 is 2.00 bits per heavy atom. The first-order chi connectivity index (χ1) is 18.3. The predicted octanol–water partition coefficient (Wildman–Crippen LogP) is 6.40. The number of likely N-dealkylation sites (tertiary alicyclic amines) is 1. The molecular weight excluding hydrogens is 548 g/mol. The molecule has 3 aromatic heterocycles. The normalized spacial score (nSPS) is 19.9. The van der Waals surface area contributed by atoms with Crippen molar-refractivity contribution < 1.29 is 9.13 Å². The summed E-state index contributed by atoms with van der Waals surface area (Å²) in [6.07, 6.45) is 2.31. The smallest absolute Gasteiger partial charge is 0.274 e. The van der Waals surface area contributed by atoms with Gasteiger partial charge in [0.15, 0.2) is 0 Å². The SMILES string of the molecule is CCN1C[C@@H]2C[C@H]1CN2c1nc(C)cc(Nc2cc3nc(O[C@H](C)c4c(Cl)ccc(F)c4Cl)sc3cn2)n1. The Bertz CT molecular complexity index is 1520. The van der Waals surface area contributed by atoms with Crippen molar-refractivity contribution in [3.05, 3.63) is 57.6 Å². The van der Waals surface area contributed by atoms with Gasteiger partial charge in [-0.1, -0.05) is 41.5 Å². The predicted molar refractivity (Wildman–Crippen MR) is 150 cm³/mol. The number of halogens is 3. The van der Waals surface area contributed by atoms with E-state index >= 15 is 0 Å². The molecule has 2 aliphatic heterocycles. The van der Waals surface area contributed by atoms with E-state index in [0.717, 1.165) is 42.4 Å². The van der Waals surface area contributed by atoms with Gasteiger partial charge in [0.2, 0.25) is 5.95 Å². The van der Waals surface area contributed by atoms with E-state index in [9.17, 15) is 4.39 Å². The summed E-state index contributed by atoms with van der Waals surface area (Å²) >= 11 is 13.7. The molecule has 2 bridgehead atoms.